The van der Waals surface area contributed by atoms with Crippen molar-refractivity contribution in [1.82, 2.24) is 24.6 Å². The molecule has 4 aromatic rings. The number of rotatable bonds is 8. The average Bonchev–Trinajstić information content (AvgIpc) is 3.68. The van der Waals surface area contributed by atoms with Gasteiger partial charge in [0.1, 0.15) is 0 Å². The number of thioether (sulfide) groups is 1. The van der Waals surface area contributed by atoms with E-state index in [0.717, 1.165) is 38.6 Å². The largest absolute Gasteiger partial charge is 0.339 e. The Morgan fingerprint density at radius 3 is 2.53 bits per heavy atom. The van der Waals surface area contributed by atoms with Crippen LogP contribution in [0.5, 0.6) is 0 Å². The molecule has 7 nitrogen and oxygen atoms in total. The lowest BCUT2D eigenvalue weighted by Gasteiger charge is -2.39. The van der Waals surface area contributed by atoms with Gasteiger partial charge in [-0.1, -0.05) is 42.1 Å². The summed E-state index contributed by atoms with van der Waals surface area (Å²) in [6.07, 6.45) is 1.23. The van der Waals surface area contributed by atoms with Crippen molar-refractivity contribution in [2.75, 3.05) is 25.4 Å². The first kappa shape index (κ1) is 24.7. The van der Waals surface area contributed by atoms with E-state index in [1.165, 1.54) is 11.3 Å². The molecule has 0 N–H and O–H groups in total. The molecule has 0 spiro atoms. The summed E-state index contributed by atoms with van der Waals surface area (Å²) in [5.74, 6) is 1.81. The summed E-state index contributed by atoms with van der Waals surface area (Å²) in [6, 6.07) is 17.9. The monoisotopic (exact) mass is 537 g/mol. The van der Waals surface area contributed by atoms with Gasteiger partial charge in [-0.15, -0.1) is 32.9 Å². The molecule has 4 heterocycles. The van der Waals surface area contributed by atoms with Crippen molar-refractivity contribution in [3.8, 4) is 16.4 Å². The van der Waals surface area contributed by atoms with Crippen molar-refractivity contribution in [3.63, 3.8) is 0 Å². The highest BCUT2D eigenvalue weighted by Gasteiger charge is 2.30. The summed E-state index contributed by atoms with van der Waals surface area (Å²) in [5, 5.41) is 13.7. The zero-order chi connectivity index (χ0) is 24.9. The molecule has 186 valence electrons. The van der Waals surface area contributed by atoms with Crippen LogP contribution in [0.25, 0.3) is 16.4 Å². The lowest BCUT2D eigenvalue weighted by molar-refractivity contribution is -0.133. The van der Waals surface area contributed by atoms with Crippen LogP contribution in [0.2, 0.25) is 0 Å². The number of thiophene rings is 2. The maximum Gasteiger partial charge on any atom is 0.264 e. The highest BCUT2D eigenvalue weighted by atomic mass is 32.2. The van der Waals surface area contributed by atoms with Gasteiger partial charge in [0.15, 0.2) is 11.0 Å². The van der Waals surface area contributed by atoms with Crippen LogP contribution in [0.1, 0.15) is 29.4 Å². The van der Waals surface area contributed by atoms with E-state index in [1.807, 2.05) is 63.9 Å². The van der Waals surface area contributed by atoms with Crippen LogP contribution in [0.15, 0.2) is 70.5 Å². The third-order valence-corrected chi connectivity index (χ3v) is 8.87. The molecule has 1 aromatic carbocycles. The molecule has 1 aliphatic rings. The second-order valence-electron chi connectivity index (χ2n) is 8.57. The molecule has 2 amide bonds. The third kappa shape index (κ3) is 5.40. The topological polar surface area (TPSA) is 71.3 Å². The van der Waals surface area contributed by atoms with E-state index in [0.29, 0.717) is 26.1 Å². The zero-order valence-electron chi connectivity index (χ0n) is 19.9. The van der Waals surface area contributed by atoms with Gasteiger partial charge in [-0.05, 0) is 48.4 Å². The van der Waals surface area contributed by atoms with Crippen molar-refractivity contribution < 1.29 is 9.59 Å². The fourth-order valence-electron chi connectivity index (χ4n) is 4.31. The summed E-state index contributed by atoms with van der Waals surface area (Å²) >= 11 is 4.72. The predicted molar refractivity (Wildman–Crippen MR) is 146 cm³/mol. The Kier molecular flexibility index (Phi) is 7.84. The fourth-order valence-corrected chi connectivity index (χ4v) is 6.58. The van der Waals surface area contributed by atoms with Crippen molar-refractivity contribution in [2.45, 2.75) is 31.0 Å². The van der Waals surface area contributed by atoms with Crippen LogP contribution in [0.3, 0.4) is 0 Å². The van der Waals surface area contributed by atoms with Gasteiger partial charge >= 0.3 is 0 Å². The molecule has 1 unspecified atom stereocenters. The number of nitrogens with zero attached hydrogens (tertiary/aromatic N) is 5. The van der Waals surface area contributed by atoms with Gasteiger partial charge in [-0.3, -0.25) is 14.2 Å². The van der Waals surface area contributed by atoms with Gasteiger partial charge in [0.25, 0.3) is 5.91 Å². The Balaban J connectivity index is 1.15. The molecular formula is C26H27N5O2S3. The minimum absolute atomic E-state index is 0.00627. The van der Waals surface area contributed by atoms with Gasteiger partial charge in [0.2, 0.25) is 5.91 Å². The van der Waals surface area contributed by atoms with Crippen molar-refractivity contribution in [1.29, 1.82) is 0 Å². The number of carbonyl (C=O) groups excluding carboxylic acids is 2. The number of piperazine rings is 1. The standard InChI is InChI=1S/C26H27N5O2S3/c1-19-18-29(13-14-30(19)25(33)22-11-6-16-35-22)23(32)12-7-17-36-26-28-27-24(21-10-5-15-34-21)31(26)20-8-3-2-4-9-20/h2-6,8-11,15-16,19H,7,12-14,17-18H2,1H3. The van der Waals surface area contributed by atoms with Crippen LogP contribution in [-0.4, -0.2) is 67.8 Å². The number of aromatic nitrogens is 3. The van der Waals surface area contributed by atoms with Crippen LogP contribution >= 0.6 is 34.4 Å². The molecule has 10 heteroatoms. The Labute approximate surface area is 222 Å². The molecule has 36 heavy (non-hydrogen) atoms. The second kappa shape index (κ2) is 11.4. The van der Waals surface area contributed by atoms with Gasteiger partial charge < -0.3 is 9.80 Å². The van der Waals surface area contributed by atoms with Crippen LogP contribution in [0, 0.1) is 0 Å². The summed E-state index contributed by atoms with van der Waals surface area (Å²) in [4.78, 5) is 31.2. The van der Waals surface area contributed by atoms with Gasteiger partial charge in [0, 0.05) is 43.5 Å². The summed E-state index contributed by atoms with van der Waals surface area (Å²) < 4.78 is 2.09. The first-order valence-electron chi connectivity index (χ1n) is 11.9. The van der Waals surface area contributed by atoms with E-state index >= 15 is 0 Å². The highest BCUT2D eigenvalue weighted by molar-refractivity contribution is 7.99. The van der Waals surface area contributed by atoms with E-state index < -0.39 is 0 Å². The zero-order valence-corrected chi connectivity index (χ0v) is 22.4. The molecule has 1 saturated heterocycles. The van der Waals surface area contributed by atoms with Crippen molar-refractivity contribution in [2.24, 2.45) is 0 Å². The van der Waals surface area contributed by atoms with Crippen LogP contribution in [0.4, 0.5) is 0 Å². The van der Waals surface area contributed by atoms with E-state index in [9.17, 15) is 9.59 Å². The number of para-hydroxylation sites is 1. The SMILES string of the molecule is CC1CN(C(=O)CCCSc2nnc(-c3cccs3)n2-c2ccccc2)CCN1C(=O)c1cccs1. The molecule has 1 aliphatic heterocycles. The molecule has 1 fully saturated rings. The Bertz CT molecular complexity index is 1290. The molecule has 0 bridgehead atoms. The molecule has 5 rings (SSSR count). The van der Waals surface area contributed by atoms with Gasteiger partial charge in [-0.25, -0.2) is 0 Å². The van der Waals surface area contributed by atoms with Crippen LogP contribution in [-0.2, 0) is 4.79 Å². The van der Waals surface area contributed by atoms with Crippen molar-refractivity contribution in [3.05, 3.63) is 70.2 Å². The molecule has 0 radical (unpaired) electrons. The van der Waals surface area contributed by atoms with Gasteiger partial charge in [-0.2, -0.15) is 0 Å². The molecule has 1 atom stereocenters. The Hall–Kier alpha value is -2.95. The maximum absolute atomic E-state index is 12.9. The average molecular weight is 538 g/mol. The molecule has 0 saturated carbocycles. The highest BCUT2D eigenvalue weighted by Crippen LogP contribution is 2.30. The fraction of sp³-hybridized carbons (Fsp3) is 0.308. The minimum atomic E-state index is 0.00627. The normalized spacial score (nSPS) is 15.9. The third-order valence-electron chi connectivity index (χ3n) is 6.13. The summed E-state index contributed by atoms with van der Waals surface area (Å²) in [7, 11) is 0. The lowest BCUT2D eigenvalue weighted by Crippen LogP contribution is -2.55. The van der Waals surface area contributed by atoms with E-state index in [1.54, 1.807) is 23.1 Å². The number of carbonyl (C=O) groups is 2. The molecular weight excluding hydrogens is 511 g/mol. The number of hydrogen-bond donors (Lipinski definition) is 0. The smallest absolute Gasteiger partial charge is 0.264 e. The van der Waals surface area contributed by atoms with E-state index in [-0.39, 0.29) is 17.9 Å². The molecule has 3 aromatic heterocycles. The molecule has 0 aliphatic carbocycles. The first-order valence-corrected chi connectivity index (χ1v) is 14.7. The first-order chi connectivity index (χ1) is 17.6. The predicted octanol–water partition coefficient (Wildman–Crippen LogP) is 5.30. The quantitative estimate of drug-likeness (QED) is 0.225. The minimum Gasteiger partial charge on any atom is -0.339 e. The van der Waals surface area contributed by atoms with E-state index in [4.69, 9.17) is 0 Å². The maximum atomic E-state index is 12.9. The number of amides is 2. The summed E-state index contributed by atoms with van der Waals surface area (Å²) in [5.41, 5.74) is 1.02. The number of benzene rings is 1. The number of hydrogen-bond acceptors (Lipinski definition) is 7. The van der Waals surface area contributed by atoms with Crippen LogP contribution < -0.4 is 0 Å². The second-order valence-corrected chi connectivity index (χ2v) is 11.5. The van der Waals surface area contributed by atoms with E-state index in [2.05, 4.69) is 33.0 Å². The Morgan fingerprint density at radius 1 is 1.00 bits per heavy atom. The van der Waals surface area contributed by atoms with Crippen molar-refractivity contribution >= 4 is 46.2 Å². The lowest BCUT2D eigenvalue weighted by atomic mass is 10.1. The van der Waals surface area contributed by atoms with Gasteiger partial charge in [0.05, 0.1) is 9.75 Å². The Morgan fingerprint density at radius 2 is 1.81 bits per heavy atom. The summed E-state index contributed by atoms with van der Waals surface area (Å²) in [6.45, 7) is 3.75.